The van der Waals surface area contributed by atoms with Gasteiger partial charge in [-0.3, -0.25) is 9.89 Å². The Morgan fingerprint density at radius 2 is 2.16 bits per heavy atom. The molecule has 0 aliphatic rings. The zero-order valence-electron chi connectivity index (χ0n) is 14.3. The van der Waals surface area contributed by atoms with Crippen LogP contribution >= 0.6 is 0 Å². The number of aromatic amines is 1. The molecule has 0 fully saturated rings. The van der Waals surface area contributed by atoms with Gasteiger partial charge in [0, 0.05) is 12.7 Å². The van der Waals surface area contributed by atoms with Gasteiger partial charge in [-0.05, 0) is 26.3 Å². The van der Waals surface area contributed by atoms with Crippen LogP contribution in [0.4, 0.5) is 5.82 Å². The molecule has 9 heteroatoms. The zero-order valence-corrected chi connectivity index (χ0v) is 14.3. The van der Waals surface area contributed by atoms with Crippen molar-refractivity contribution in [3.63, 3.8) is 0 Å². The maximum Gasteiger partial charge on any atom is 0.258 e. The fourth-order valence-corrected chi connectivity index (χ4v) is 3.03. The summed E-state index contributed by atoms with van der Waals surface area (Å²) in [5.74, 6) is 0.250. The first-order valence-electron chi connectivity index (χ1n) is 7.94. The van der Waals surface area contributed by atoms with E-state index in [-0.39, 0.29) is 5.91 Å². The SMILES string of the molecule is CCc1nn(C)c2n[nH]c(NC(=O)c3cc(C)nc4onc(C)c34)c12. The second kappa shape index (κ2) is 5.40. The van der Waals surface area contributed by atoms with Gasteiger partial charge in [0.1, 0.15) is 5.82 Å². The molecule has 4 aromatic heterocycles. The summed E-state index contributed by atoms with van der Waals surface area (Å²) in [6.45, 7) is 5.60. The summed E-state index contributed by atoms with van der Waals surface area (Å²) in [6.07, 6.45) is 0.739. The number of aromatic nitrogens is 6. The lowest BCUT2D eigenvalue weighted by Crippen LogP contribution is -2.14. The van der Waals surface area contributed by atoms with E-state index in [4.69, 9.17) is 4.52 Å². The van der Waals surface area contributed by atoms with Crippen LogP contribution in [0.25, 0.3) is 22.1 Å². The lowest BCUT2D eigenvalue weighted by molar-refractivity contribution is 0.102. The molecule has 0 atom stereocenters. The standard InChI is InChI=1S/C16H17N7O2/c1-5-10-12-13(19-20-14(12)23(4)21-10)18-15(24)9-6-7(2)17-16-11(9)8(3)22-25-16/h6H,5H2,1-4H3,(H2,18,19,20,24). The van der Waals surface area contributed by atoms with Crippen molar-refractivity contribution in [2.75, 3.05) is 5.32 Å². The van der Waals surface area contributed by atoms with E-state index in [9.17, 15) is 4.79 Å². The van der Waals surface area contributed by atoms with E-state index in [0.29, 0.717) is 39.5 Å². The van der Waals surface area contributed by atoms with Gasteiger partial charge in [0.05, 0.1) is 27.7 Å². The maximum atomic E-state index is 12.9. The molecule has 25 heavy (non-hydrogen) atoms. The lowest BCUT2D eigenvalue weighted by Gasteiger charge is -2.05. The third-order valence-corrected chi connectivity index (χ3v) is 4.18. The van der Waals surface area contributed by atoms with Crippen molar-refractivity contribution < 1.29 is 9.32 Å². The Labute approximate surface area is 142 Å². The number of pyridine rings is 1. The van der Waals surface area contributed by atoms with Gasteiger partial charge in [0.15, 0.2) is 5.65 Å². The highest BCUT2D eigenvalue weighted by Crippen LogP contribution is 2.27. The summed E-state index contributed by atoms with van der Waals surface area (Å²) in [5, 5.41) is 19.8. The third kappa shape index (κ3) is 2.27. The molecule has 4 rings (SSSR count). The van der Waals surface area contributed by atoms with Gasteiger partial charge in [-0.25, -0.2) is 9.67 Å². The Hall–Kier alpha value is -3.23. The average Bonchev–Trinajstić information content (AvgIpc) is 3.24. The van der Waals surface area contributed by atoms with E-state index >= 15 is 0 Å². The summed E-state index contributed by atoms with van der Waals surface area (Å²) in [4.78, 5) is 17.2. The molecule has 0 saturated carbocycles. The van der Waals surface area contributed by atoms with Gasteiger partial charge >= 0.3 is 0 Å². The van der Waals surface area contributed by atoms with Gasteiger partial charge < -0.3 is 9.84 Å². The van der Waals surface area contributed by atoms with Crippen LogP contribution in [0.15, 0.2) is 10.6 Å². The van der Waals surface area contributed by atoms with Crippen LogP contribution in [-0.2, 0) is 13.5 Å². The van der Waals surface area contributed by atoms with Crippen molar-refractivity contribution in [3.8, 4) is 0 Å². The first-order chi connectivity index (χ1) is 12.0. The normalized spacial score (nSPS) is 11.5. The van der Waals surface area contributed by atoms with Crippen molar-refractivity contribution >= 4 is 33.9 Å². The number of H-pyrrole nitrogens is 1. The van der Waals surface area contributed by atoms with Gasteiger partial charge in [-0.2, -0.15) is 10.2 Å². The topological polar surface area (TPSA) is 115 Å². The molecule has 1 amide bonds. The van der Waals surface area contributed by atoms with E-state index in [1.807, 2.05) is 14.0 Å². The number of hydrogen-bond acceptors (Lipinski definition) is 6. The molecule has 128 valence electrons. The zero-order chi connectivity index (χ0) is 17.7. The van der Waals surface area contributed by atoms with Gasteiger partial charge in [0.2, 0.25) is 0 Å². The summed E-state index contributed by atoms with van der Waals surface area (Å²) in [5.41, 5.74) is 3.69. The molecule has 0 aliphatic carbocycles. The minimum Gasteiger partial charge on any atom is -0.336 e. The number of carbonyl (C=O) groups is 1. The molecule has 0 aliphatic heterocycles. The molecule has 4 heterocycles. The molecule has 0 spiro atoms. The second-order valence-electron chi connectivity index (χ2n) is 5.93. The molecule has 0 bridgehead atoms. The summed E-state index contributed by atoms with van der Waals surface area (Å²) < 4.78 is 6.88. The van der Waals surface area contributed by atoms with Crippen LogP contribution in [0.2, 0.25) is 0 Å². The smallest absolute Gasteiger partial charge is 0.258 e. The number of rotatable bonds is 3. The summed E-state index contributed by atoms with van der Waals surface area (Å²) in [6, 6.07) is 1.72. The Morgan fingerprint density at radius 1 is 1.36 bits per heavy atom. The molecular weight excluding hydrogens is 322 g/mol. The molecule has 9 nitrogen and oxygen atoms in total. The van der Waals surface area contributed by atoms with Crippen molar-refractivity contribution in [3.05, 3.63) is 28.7 Å². The highest BCUT2D eigenvalue weighted by atomic mass is 16.5. The monoisotopic (exact) mass is 339 g/mol. The van der Waals surface area contributed by atoms with Crippen LogP contribution in [-0.4, -0.2) is 36.0 Å². The third-order valence-electron chi connectivity index (χ3n) is 4.18. The van der Waals surface area contributed by atoms with Gasteiger partial charge in [-0.1, -0.05) is 12.1 Å². The fraction of sp³-hybridized carbons (Fsp3) is 0.312. The van der Waals surface area contributed by atoms with Crippen LogP contribution in [0.3, 0.4) is 0 Å². The number of aryl methyl sites for hydroxylation is 4. The largest absolute Gasteiger partial charge is 0.336 e. The Morgan fingerprint density at radius 3 is 2.92 bits per heavy atom. The van der Waals surface area contributed by atoms with Crippen molar-refractivity contribution in [2.24, 2.45) is 7.05 Å². The molecule has 0 radical (unpaired) electrons. The molecule has 4 aromatic rings. The average molecular weight is 339 g/mol. The first-order valence-corrected chi connectivity index (χ1v) is 7.94. The quantitative estimate of drug-likeness (QED) is 0.592. The second-order valence-corrected chi connectivity index (χ2v) is 5.93. The van der Waals surface area contributed by atoms with E-state index < -0.39 is 0 Å². The number of nitrogens with zero attached hydrogens (tertiary/aromatic N) is 5. The van der Waals surface area contributed by atoms with Crippen LogP contribution in [0.5, 0.6) is 0 Å². The fourth-order valence-electron chi connectivity index (χ4n) is 3.03. The highest BCUT2D eigenvalue weighted by Gasteiger charge is 2.21. The molecule has 0 saturated heterocycles. The minimum absolute atomic E-state index is 0.279. The number of nitrogens with one attached hydrogen (secondary N) is 2. The highest BCUT2D eigenvalue weighted by molar-refractivity contribution is 6.14. The predicted molar refractivity (Wildman–Crippen MR) is 91.5 cm³/mol. The van der Waals surface area contributed by atoms with Crippen molar-refractivity contribution in [1.29, 1.82) is 0 Å². The minimum atomic E-state index is -0.279. The van der Waals surface area contributed by atoms with E-state index in [1.165, 1.54) is 0 Å². The van der Waals surface area contributed by atoms with Gasteiger partial charge in [0.25, 0.3) is 11.6 Å². The van der Waals surface area contributed by atoms with Crippen LogP contribution in [0.1, 0.15) is 34.4 Å². The lowest BCUT2D eigenvalue weighted by atomic mass is 10.1. The Balaban J connectivity index is 1.80. The number of carbonyl (C=O) groups excluding carboxylic acids is 1. The Bertz CT molecular complexity index is 1120. The van der Waals surface area contributed by atoms with Crippen LogP contribution < -0.4 is 5.32 Å². The predicted octanol–water partition coefficient (Wildman–Crippen LogP) is 2.26. The summed E-state index contributed by atoms with van der Waals surface area (Å²) >= 11 is 0. The number of hydrogen-bond donors (Lipinski definition) is 2. The number of amides is 1. The Kier molecular flexibility index (Phi) is 3.31. The van der Waals surface area contributed by atoms with Crippen molar-refractivity contribution in [1.82, 2.24) is 30.1 Å². The molecule has 0 unspecified atom stereocenters. The summed E-state index contributed by atoms with van der Waals surface area (Å²) in [7, 11) is 1.82. The van der Waals surface area contributed by atoms with E-state index in [0.717, 1.165) is 17.5 Å². The number of fused-ring (bicyclic) bond motifs is 2. The molecule has 2 N–H and O–H groups in total. The first kappa shape index (κ1) is 15.3. The van der Waals surface area contributed by atoms with Gasteiger partial charge in [-0.15, -0.1) is 0 Å². The molecular formula is C16H17N7O2. The van der Waals surface area contributed by atoms with Crippen molar-refractivity contribution in [2.45, 2.75) is 27.2 Å². The van der Waals surface area contributed by atoms with Crippen LogP contribution in [0, 0.1) is 13.8 Å². The number of anilines is 1. The maximum absolute atomic E-state index is 12.9. The van der Waals surface area contributed by atoms with E-state index in [1.54, 1.807) is 24.6 Å². The molecule has 0 aromatic carbocycles. The van der Waals surface area contributed by atoms with E-state index in [2.05, 4.69) is 30.8 Å².